The minimum atomic E-state index is -0.789. The molecule has 0 radical (unpaired) electrons. The first-order valence-electron chi connectivity index (χ1n) is 6.94. The number of nitrogens with one attached hydrogen (secondary N) is 1. The SMILES string of the molecule is CC(C)NCc1cccc(SCc2cccc(F)c2F)c1. The lowest BCUT2D eigenvalue weighted by Crippen LogP contribution is -2.21. The van der Waals surface area contributed by atoms with Gasteiger partial charge in [-0.2, -0.15) is 0 Å². The molecular weight excluding hydrogens is 288 g/mol. The molecule has 0 aromatic heterocycles. The Morgan fingerprint density at radius 1 is 1.10 bits per heavy atom. The fraction of sp³-hybridized carbons (Fsp3) is 0.294. The zero-order chi connectivity index (χ0) is 15.2. The summed E-state index contributed by atoms with van der Waals surface area (Å²) < 4.78 is 26.7. The van der Waals surface area contributed by atoms with Crippen molar-refractivity contribution in [3.05, 3.63) is 65.2 Å². The van der Waals surface area contributed by atoms with Crippen LogP contribution in [0, 0.1) is 11.6 Å². The number of hydrogen-bond acceptors (Lipinski definition) is 2. The van der Waals surface area contributed by atoms with E-state index in [0.29, 0.717) is 17.4 Å². The summed E-state index contributed by atoms with van der Waals surface area (Å²) in [5.74, 6) is -1.12. The summed E-state index contributed by atoms with van der Waals surface area (Å²) in [6, 6.07) is 12.8. The Kier molecular flexibility index (Phi) is 5.76. The molecule has 0 heterocycles. The van der Waals surface area contributed by atoms with Gasteiger partial charge in [0.1, 0.15) is 0 Å². The van der Waals surface area contributed by atoms with Gasteiger partial charge in [0, 0.05) is 28.8 Å². The van der Waals surface area contributed by atoms with Crippen molar-refractivity contribution >= 4 is 11.8 Å². The van der Waals surface area contributed by atoms with Crippen molar-refractivity contribution in [2.75, 3.05) is 0 Å². The summed E-state index contributed by atoms with van der Waals surface area (Å²) in [5, 5.41) is 3.36. The predicted octanol–water partition coefficient (Wildman–Crippen LogP) is 4.76. The van der Waals surface area contributed by atoms with Gasteiger partial charge in [-0.1, -0.05) is 38.1 Å². The van der Waals surface area contributed by atoms with Crippen molar-refractivity contribution in [1.82, 2.24) is 5.32 Å². The second kappa shape index (κ2) is 7.57. The number of benzene rings is 2. The third kappa shape index (κ3) is 4.83. The Labute approximate surface area is 128 Å². The van der Waals surface area contributed by atoms with Crippen LogP contribution in [0.5, 0.6) is 0 Å². The Morgan fingerprint density at radius 2 is 1.86 bits per heavy atom. The van der Waals surface area contributed by atoms with Crippen molar-refractivity contribution in [3.63, 3.8) is 0 Å². The third-order valence-electron chi connectivity index (χ3n) is 3.04. The lowest BCUT2D eigenvalue weighted by molar-refractivity contribution is 0.502. The first kappa shape index (κ1) is 16.0. The van der Waals surface area contributed by atoms with Gasteiger partial charge in [0.05, 0.1) is 0 Å². The molecule has 0 saturated carbocycles. The Morgan fingerprint density at radius 3 is 2.62 bits per heavy atom. The van der Waals surface area contributed by atoms with Crippen molar-refractivity contribution in [3.8, 4) is 0 Å². The first-order valence-corrected chi connectivity index (χ1v) is 7.93. The third-order valence-corrected chi connectivity index (χ3v) is 4.08. The second-order valence-electron chi connectivity index (χ2n) is 5.18. The normalized spacial score (nSPS) is 11.1. The monoisotopic (exact) mass is 307 g/mol. The zero-order valence-corrected chi connectivity index (χ0v) is 13.0. The standard InChI is InChI=1S/C17H19F2NS/c1-12(2)20-10-13-5-3-7-15(9-13)21-11-14-6-4-8-16(18)17(14)19/h3-9,12,20H,10-11H2,1-2H3. The maximum atomic E-state index is 13.6. The van der Waals surface area contributed by atoms with Gasteiger partial charge in [0.25, 0.3) is 0 Å². The molecule has 4 heteroatoms. The summed E-state index contributed by atoms with van der Waals surface area (Å²) in [5.41, 5.74) is 1.58. The molecule has 21 heavy (non-hydrogen) atoms. The van der Waals surface area contributed by atoms with Crippen LogP contribution in [-0.4, -0.2) is 6.04 Å². The van der Waals surface area contributed by atoms with Crippen LogP contribution in [0.3, 0.4) is 0 Å². The van der Waals surface area contributed by atoms with Crippen LogP contribution in [0.2, 0.25) is 0 Å². The highest BCUT2D eigenvalue weighted by atomic mass is 32.2. The molecule has 0 amide bonds. The van der Waals surface area contributed by atoms with Crippen molar-refractivity contribution < 1.29 is 8.78 Å². The molecule has 0 aliphatic carbocycles. The molecule has 0 fully saturated rings. The molecule has 2 aromatic rings. The number of hydrogen-bond donors (Lipinski definition) is 1. The van der Waals surface area contributed by atoms with Crippen molar-refractivity contribution in [1.29, 1.82) is 0 Å². The molecule has 1 nitrogen and oxygen atoms in total. The molecular formula is C17H19F2NS. The fourth-order valence-corrected chi connectivity index (χ4v) is 2.84. The highest BCUT2D eigenvalue weighted by Gasteiger charge is 2.08. The van der Waals surface area contributed by atoms with E-state index in [2.05, 4.69) is 31.3 Å². The smallest absolute Gasteiger partial charge is 0.162 e. The van der Waals surface area contributed by atoms with Gasteiger partial charge in [0.15, 0.2) is 11.6 Å². The number of rotatable bonds is 6. The first-order chi connectivity index (χ1) is 10.1. The van der Waals surface area contributed by atoms with Gasteiger partial charge in [-0.3, -0.25) is 0 Å². The molecule has 0 bridgehead atoms. The van der Waals surface area contributed by atoms with Gasteiger partial charge in [0.2, 0.25) is 0 Å². The van der Waals surface area contributed by atoms with Crippen LogP contribution in [0.4, 0.5) is 8.78 Å². The summed E-state index contributed by atoms with van der Waals surface area (Å²) in [4.78, 5) is 1.06. The Bertz CT molecular complexity index is 599. The van der Waals surface area contributed by atoms with E-state index in [4.69, 9.17) is 0 Å². The number of thioether (sulfide) groups is 1. The molecule has 112 valence electrons. The Balaban J connectivity index is 2.00. The summed E-state index contributed by atoms with van der Waals surface area (Å²) in [6.07, 6.45) is 0. The van der Waals surface area contributed by atoms with E-state index in [0.717, 1.165) is 17.5 Å². The topological polar surface area (TPSA) is 12.0 Å². The maximum Gasteiger partial charge on any atom is 0.162 e. The van der Waals surface area contributed by atoms with Crippen LogP contribution in [0.25, 0.3) is 0 Å². The largest absolute Gasteiger partial charge is 0.310 e. The van der Waals surface area contributed by atoms with E-state index in [1.54, 1.807) is 6.07 Å². The van der Waals surface area contributed by atoms with Crippen LogP contribution in [-0.2, 0) is 12.3 Å². The van der Waals surface area contributed by atoms with Gasteiger partial charge >= 0.3 is 0 Å². The highest BCUT2D eigenvalue weighted by molar-refractivity contribution is 7.98. The summed E-state index contributed by atoms with van der Waals surface area (Å²) >= 11 is 1.51. The second-order valence-corrected chi connectivity index (χ2v) is 6.23. The van der Waals surface area contributed by atoms with E-state index in [-0.39, 0.29) is 0 Å². The minimum absolute atomic E-state index is 0.394. The average Bonchev–Trinajstić information content (AvgIpc) is 2.47. The molecule has 0 unspecified atom stereocenters. The predicted molar refractivity (Wildman–Crippen MR) is 84.3 cm³/mol. The van der Waals surface area contributed by atoms with Crippen LogP contribution in [0.15, 0.2) is 47.4 Å². The highest BCUT2D eigenvalue weighted by Crippen LogP contribution is 2.25. The van der Waals surface area contributed by atoms with E-state index >= 15 is 0 Å². The maximum absolute atomic E-state index is 13.6. The lowest BCUT2D eigenvalue weighted by Gasteiger charge is -2.09. The van der Waals surface area contributed by atoms with Gasteiger partial charge in [-0.05, 0) is 23.8 Å². The molecule has 0 spiro atoms. The van der Waals surface area contributed by atoms with Crippen LogP contribution < -0.4 is 5.32 Å². The lowest BCUT2D eigenvalue weighted by atomic mass is 10.2. The van der Waals surface area contributed by atoms with Crippen LogP contribution in [0.1, 0.15) is 25.0 Å². The van der Waals surface area contributed by atoms with E-state index < -0.39 is 11.6 Å². The van der Waals surface area contributed by atoms with E-state index in [1.165, 1.54) is 23.4 Å². The van der Waals surface area contributed by atoms with E-state index in [9.17, 15) is 8.78 Å². The van der Waals surface area contributed by atoms with Crippen molar-refractivity contribution in [2.24, 2.45) is 0 Å². The molecule has 0 aliphatic heterocycles. The minimum Gasteiger partial charge on any atom is -0.310 e. The summed E-state index contributed by atoms with van der Waals surface area (Å²) in [6.45, 7) is 5.01. The molecule has 0 atom stereocenters. The fourth-order valence-electron chi connectivity index (χ4n) is 1.89. The average molecular weight is 307 g/mol. The van der Waals surface area contributed by atoms with E-state index in [1.807, 2.05) is 12.1 Å². The van der Waals surface area contributed by atoms with Crippen molar-refractivity contribution in [2.45, 2.75) is 37.1 Å². The molecule has 1 N–H and O–H groups in total. The zero-order valence-electron chi connectivity index (χ0n) is 12.2. The van der Waals surface area contributed by atoms with Gasteiger partial charge in [-0.25, -0.2) is 8.78 Å². The Hall–Kier alpha value is -1.39. The number of halogens is 2. The molecule has 0 saturated heterocycles. The molecule has 2 aromatic carbocycles. The summed E-state index contributed by atoms with van der Waals surface area (Å²) in [7, 11) is 0. The van der Waals surface area contributed by atoms with Crippen LogP contribution >= 0.6 is 11.8 Å². The quantitative estimate of drug-likeness (QED) is 0.773. The molecule has 0 aliphatic rings. The molecule has 2 rings (SSSR count). The van der Waals surface area contributed by atoms with Gasteiger partial charge < -0.3 is 5.32 Å². The van der Waals surface area contributed by atoms with Gasteiger partial charge in [-0.15, -0.1) is 11.8 Å².